The first-order chi connectivity index (χ1) is 11.5. The van der Waals surface area contributed by atoms with Crippen molar-refractivity contribution in [1.82, 2.24) is 4.98 Å². The van der Waals surface area contributed by atoms with Crippen LogP contribution in [0.1, 0.15) is 47.2 Å². The van der Waals surface area contributed by atoms with E-state index in [0.29, 0.717) is 11.3 Å². The van der Waals surface area contributed by atoms with Gasteiger partial charge in [0.1, 0.15) is 5.69 Å². The Bertz CT molecular complexity index is 774. The van der Waals surface area contributed by atoms with E-state index in [0.717, 1.165) is 18.3 Å². The van der Waals surface area contributed by atoms with Crippen LogP contribution in [0.3, 0.4) is 0 Å². The summed E-state index contributed by atoms with van der Waals surface area (Å²) in [4.78, 5) is 27.4. The number of nitrogens with zero attached hydrogens (tertiary/aromatic N) is 1. The van der Waals surface area contributed by atoms with Crippen LogP contribution in [-0.2, 0) is 6.18 Å². The molecule has 1 heterocycles. The Morgan fingerprint density at radius 1 is 0.920 bits per heavy atom. The van der Waals surface area contributed by atoms with E-state index in [-0.39, 0.29) is 11.3 Å². The van der Waals surface area contributed by atoms with Gasteiger partial charge in [-0.3, -0.25) is 14.6 Å². The number of nitrogens with one attached hydrogen (secondary N) is 1. The summed E-state index contributed by atoms with van der Waals surface area (Å²) in [6.07, 6.45) is -3.68. The van der Waals surface area contributed by atoms with Crippen molar-refractivity contribution in [2.45, 2.75) is 26.9 Å². The Morgan fingerprint density at radius 3 is 1.92 bits per heavy atom. The largest absolute Gasteiger partial charge is 0.433 e. The molecule has 0 bridgehead atoms. The number of alkyl halides is 3. The predicted octanol–water partition coefficient (Wildman–Crippen LogP) is 4.58. The van der Waals surface area contributed by atoms with E-state index in [1.54, 1.807) is 24.3 Å². The standard InChI is InChI=1S/C18H17F3N2O2/c1-17(2,3)15(24)11-4-7-13(8-5-11)23-16(25)12-6-9-14(22-10-12)18(19,20)21/h4-10H,1-3H3,(H,23,25). The second kappa shape index (κ2) is 6.66. The van der Waals surface area contributed by atoms with E-state index in [4.69, 9.17) is 0 Å². The summed E-state index contributed by atoms with van der Waals surface area (Å²) >= 11 is 0. The number of carbonyl (C=O) groups excluding carboxylic acids is 2. The lowest BCUT2D eigenvalue weighted by Crippen LogP contribution is -2.20. The molecule has 0 aliphatic carbocycles. The number of hydrogen-bond donors (Lipinski definition) is 1. The molecular formula is C18H17F3N2O2. The van der Waals surface area contributed by atoms with Crippen LogP contribution in [0.5, 0.6) is 0 Å². The number of aromatic nitrogens is 1. The summed E-state index contributed by atoms with van der Waals surface area (Å²) < 4.78 is 37.4. The molecule has 0 saturated heterocycles. The van der Waals surface area contributed by atoms with Gasteiger partial charge in [-0.1, -0.05) is 20.8 Å². The molecule has 0 unspecified atom stereocenters. The zero-order valence-corrected chi connectivity index (χ0v) is 13.9. The number of anilines is 1. The maximum Gasteiger partial charge on any atom is 0.433 e. The van der Waals surface area contributed by atoms with Gasteiger partial charge < -0.3 is 5.32 Å². The van der Waals surface area contributed by atoms with Gasteiger partial charge in [-0.15, -0.1) is 0 Å². The van der Waals surface area contributed by atoms with Gasteiger partial charge in [0.2, 0.25) is 0 Å². The Balaban J connectivity index is 2.09. The summed E-state index contributed by atoms with van der Waals surface area (Å²) in [5.41, 5.74) is -0.634. The molecule has 0 aliphatic heterocycles. The fourth-order valence-electron chi connectivity index (χ4n) is 2.04. The Hall–Kier alpha value is -2.70. The number of carbonyl (C=O) groups is 2. The van der Waals surface area contributed by atoms with Crippen LogP contribution >= 0.6 is 0 Å². The molecule has 1 aromatic carbocycles. The molecule has 2 aromatic rings. The molecule has 2 rings (SSSR count). The lowest BCUT2D eigenvalue weighted by molar-refractivity contribution is -0.141. The molecule has 1 aromatic heterocycles. The number of halogens is 3. The zero-order chi connectivity index (χ0) is 18.8. The first kappa shape index (κ1) is 18.6. The smallest absolute Gasteiger partial charge is 0.322 e. The summed E-state index contributed by atoms with van der Waals surface area (Å²) in [5, 5.41) is 2.55. The van der Waals surface area contributed by atoms with Gasteiger partial charge in [0.05, 0.1) is 5.56 Å². The summed E-state index contributed by atoms with van der Waals surface area (Å²) in [6, 6.07) is 8.12. The minimum atomic E-state index is -4.55. The van der Waals surface area contributed by atoms with E-state index in [2.05, 4.69) is 10.3 Å². The third kappa shape index (κ3) is 4.65. The average molecular weight is 350 g/mol. The van der Waals surface area contributed by atoms with Crippen molar-refractivity contribution in [1.29, 1.82) is 0 Å². The molecule has 0 saturated carbocycles. The van der Waals surface area contributed by atoms with Gasteiger partial charge in [-0.05, 0) is 36.4 Å². The van der Waals surface area contributed by atoms with Gasteiger partial charge in [0.15, 0.2) is 5.78 Å². The fraction of sp³-hybridized carbons (Fsp3) is 0.278. The van der Waals surface area contributed by atoms with Crippen molar-refractivity contribution < 1.29 is 22.8 Å². The molecule has 0 aliphatic rings. The average Bonchev–Trinajstić information content (AvgIpc) is 2.53. The highest BCUT2D eigenvalue weighted by Crippen LogP contribution is 2.27. The van der Waals surface area contributed by atoms with E-state index in [1.807, 2.05) is 20.8 Å². The molecule has 4 nitrogen and oxygen atoms in total. The third-order valence-electron chi connectivity index (χ3n) is 3.40. The van der Waals surface area contributed by atoms with Crippen LogP contribution in [0.2, 0.25) is 0 Å². The molecule has 1 amide bonds. The number of hydrogen-bond acceptors (Lipinski definition) is 3. The quantitative estimate of drug-likeness (QED) is 0.824. The van der Waals surface area contributed by atoms with Gasteiger partial charge >= 0.3 is 6.18 Å². The Morgan fingerprint density at radius 2 is 1.48 bits per heavy atom. The predicted molar refractivity (Wildman–Crippen MR) is 87.4 cm³/mol. The zero-order valence-electron chi connectivity index (χ0n) is 13.9. The van der Waals surface area contributed by atoms with Crippen molar-refractivity contribution in [3.05, 3.63) is 59.4 Å². The Labute approximate surface area is 143 Å². The number of ketones is 1. The second-order valence-electron chi connectivity index (χ2n) is 6.54. The lowest BCUT2D eigenvalue weighted by atomic mass is 9.86. The molecule has 0 atom stereocenters. The number of rotatable bonds is 3. The van der Waals surface area contributed by atoms with Gasteiger partial charge in [0, 0.05) is 22.9 Å². The number of Topliss-reactive ketones (excluding diaryl/α,β-unsaturated/α-hetero) is 1. The molecular weight excluding hydrogens is 333 g/mol. The van der Waals surface area contributed by atoms with Crippen LogP contribution in [0.4, 0.5) is 18.9 Å². The SMILES string of the molecule is CC(C)(C)C(=O)c1ccc(NC(=O)c2ccc(C(F)(F)F)nc2)cc1. The molecule has 25 heavy (non-hydrogen) atoms. The van der Waals surface area contributed by atoms with Crippen molar-refractivity contribution in [2.75, 3.05) is 5.32 Å². The van der Waals surface area contributed by atoms with Gasteiger partial charge in [-0.25, -0.2) is 0 Å². The van der Waals surface area contributed by atoms with Crippen LogP contribution in [0.25, 0.3) is 0 Å². The van der Waals surface area contributed by atoms with Crippen molar-refractivity contribution in [2.24, 2.45) is 5.41 Å². The van der Waals surface area contributed by atoms with Gasteiger partial charge in [0.25, 0.3) is 5.91 Å². The van der Waals surface area contributed by atoms with Crippen molar-refractivity contribution >= 4 is 17.4 Å². The van der Waals surface area contributed by atoms with E-state index < -0.39 is 23.2 Å². The molecule has 0 radical (unpaired) electrons. The van der Waals surface area contributed by atoms with E-state index in [1.165, 1.54) is 0 Å². The first-order valence-electron chi connectivity index (χ1n) is 7.48. The van der Waals surface area contributed by atoms with Gasteiger partial charge in [-0.2, -0.15) is 13.2 Å². The van der Waals surface area contributed by atoms with Crippen LogP contribution in [0, 0.1) is 5.41 Å². The highest BCUT2D eigenvalue weighted by molar-refractivity contribution is 6.04. The van der Waals surface area contributed by atoms with E-state index >= 15 is 0 Å². The first-order valence-corrected chi connectivity index (χ1v) is 7.48. The maximum atomic E-state index is 12.5. The molecule has 0 fully saturated rings. The van der Waals surface area contributed by atoms with Crippen LogP contribution in [0.15, 0.2) is 42.6 Å². The number of benzene rings is 1. The minimum Gasteiger partial charge on any atom is -0.322 e. The molecule has 7 heteroatoms. The second-order valence-corrected chi connectivity index (χ2v) is 6.54. The van der Waals surface area contributed by atoms with E-state index in [9.17, 15) is 22.8 Å². The van der Waals surface area contributed by atoms with Crippen LogP contribution < -0.4 is 5.32 Å². The summed E-state index contributed by atoms with van der Waals surface area (Å²) in [7, 11) is 0. The van der Waals surface area contributed by atoms with Crippen molar-refractivity contribution in [3.8, 4) is 0 Å². The maximum absolute atomic E-state index is 12.5. The highest BCUT2D eigenvalue weighted by atomic mass is 19.4. The summed E-state index contributed by atoms with van der Waals surface area (Å²) in [5.74, 6) is -0.617. The molecule has 0 spiro atoms. The molecule has 132 valence electrons. The number of amides is 1. The topological polar surface area (TPSA) is 59.1 Å². The normalized spacial score (nSPS) is 11.9. The minimum absolute atomic E-state index is 0.00263. The van der Waals surface area contributed by atoms with Crippen LogP contribution in [-0.4, -0.2) is 16.7 Å². The number of pyridine rings is 1. The molecule has 1 N–H and O–H groups in total. The van der Waals surface area contributed by atoms with Crippen molar-refractivity contribution in [3.63, 3.8) is 0 Å². The monoisotopic (exact) mass is 350 g/mol. The fourth-order valence-corrected chi connectivity index (χ4v) is 2.04. The third-order valence-corrected chi connectivity index (χ3v) is 3.40. The lowest BCUT2D eigenvalue weighted by Gasteiger charge is -2.16. The Kier molecular flexibility index (Phi) is 4.97. The summed E-state index contributed by atoms with van der Waals surface area (Å²) in [6.45, 7) is 5.42. The highest BCUT2D eigenvalue weighted by Gasteiger charge is 2.32.